The van der Waals surface area contributed by atoms with E-state index in [0.717, 1.165) is 20.6 Å². The third kappa shape index (κ3) is 3.78. The average Bonchev–Trinajstić information content (AvgIpc) is 2.40. The second kappa shape index (κ2) is 6.51. The normalized spacial score (nSPS) is 12.4. The zero-order valence-corrected chi connectivity index (χ0v) is 12.8. The van der Waals surface area contributed by atoms with Crippen LogP contribution in [0.5, 0.6) is 0 Å². The van der Waals surface area contributed by atoms with Crippen molar-refractivity contribution in [2.75, 3.05) is 0 Å². The van der Waals surface area contributed by atoms with Crippen molar-refractivity contribution in [3.63, 3.8) is 0 Å². The van der Waals surface area contributed by atoms with Gasteiger partial charge in [-0.1, -0.05) is 45.7 Å². The number of nitrogens with one attached hydrogen (secondary N) is 1. The minimum Gasteiger partial charge on any atom is -0.306 e. The summed E-state index contributed by atoms with van der Waals surface area (Å²) in [5, 5.41) is 4.08. The summed E-state index contributed by atoms with van der Waals surface area (Å²) in [4.78, 5) is 0. The van der Waals surface area contributed by atoms with E-state index in [4.69, 9.17) is 11.6 Å². The van der Waals surface area contributed by atoms with E-state index >= 15 is 0 Å². The highest BCUT2D eigenvalue weighted by Crippen LogP contribution is 2.23. The zero-order valence-electron chi connectivity index (χ0n) is 10.5. The van der Waals surface area contributed by atoms with Crippen LogP contribution in [0.4, 0.5) is 4.39 Å². The van der Waals surface area contributed by atoms with E-state index < -0.39 is 0 Å². The van der Waals surface area contributed by atoms with E-state index in [9.17, 15) is 4.39 Å². The topological polar surface area (TPSA) is 12.0 Å². The van der Waals surface area contributed by atoms with Crippen molar-refractivity contribution in [2.24, 2.45) is 0 Å². The maximum absolute atomic E-state index is 13.2. The molecule has 0 unspecified atom stereocenters. The van der Waals surface area contributed by atoms with Gasteiger partial charge in [0.2, 0.25) is 0 Å². The third-order valence-corrected chi connectivity index (χ3v) is 4.10. The fraction of sp³-hybridized carbons (Fsp3) is 0.200. The summed E-state index contributed by atoms with van der Waals surface area (Å²) < 4.78 is 14.1. The van der Waals surface area contributed by atoms with Gasteiger partial charge in [0.05, 0.1) is 0 Å². The molecule has 2 rings (SSSR count). The van der Waals surface area contributed by atoms with Crippen LogP contribution in [0, 0.1) is 5.82 Å². The Morgan fingerprint density at radius 3 is 2.74 bits per heavy atom. The van der Waals surface area contributed by atoms with E-state index in [2.05, 4.69) is 21.2 Å². The fourth-order valence-corrected chi connectivity index (χ4v) is 2.56. The van der Waals surface area contributed by atoms with Crippen LogP contribution in [0.3, 0.4) is 0 Å². The molecule has 0 radical (unpaired) electrons. The van der Waals surface area contributed by atoms with Gasteiger partial charge in [-0.05, 0) is 42.3 Å². The van der Waals surface area contributed by atoms with Gasteiger partial charge in [-0.3, -0.25) is 0 Å². The molecule has 0 amide bonds. The Morgan fingerprint density at radius 2 is 2.00 bits per heavy atom. The lowest BCUT2D eigenvalue weighted by Crippen LogP contribution is -2.18. The van der Waals surface area contributed by atoms with Crippen molar-refractivity contribution in [3.05, 3.63) is 68.9 Å². The summed E-state index contributed by atoms with van der Waals surface area (Å²) in [5.74, 6) is -0.231. The van der Waals surface area contributed by atoms with E-state index in [1.807, 2.05) is 31.2 Å². The molecule has 1 nitrogen and oxygen atoms in total. The molecule has 0 aromatic heterocycles. The molecule has 2 aromatic rings. The predicted octanol–water partition coefficient (Wildman–Crippen LogP) is 5.09. The SMILES string of the molecule is C[C@H](NCc1cc(F)ccc1Br)c1ccccc1Cl. The minimum atomic E-state index is -0.231. The first-order valence-electron chi connectivity index (χ1n) is 5.99. The second-order valence-corrected chi connectivity index (χ2v) is 5.62. The number of halogens is 3. The molecule has 19 heavy (non-hydrogen) atoms. The zero-order chi connectivity index (χ0) is 13.8. The molecular formula is C15H14BrClFN. The molecular weight excluding hydrogens is 329 g/mol. The molecule has 100 valence electrons. The minimum absolute atomic E-state index is 0.101. The van der Waals surface area contributed by atoms with Crippen molar-refractivity contribution in [1.29, 1.82) is 0 Å². The standard InChI is InChI=1S/C15H14BrClFN/c1-10(13-4-2-3-5-15(13)17)19-9-11-8-12(18)6-7-14(11)16/h2-8,10,19H,9H2,1H3/t10-/m0/s1. The summed E-state index contributed by atoms with van der Waals surface area (Å²) in [6, 6.07) is 12.5. The Hall–Kier alpha value is -0.900. The van der Waals surface area contributed by atoms with Crippen LogP contribution in [0.15, 0.2) is 46.9 Å². The lowest BCUT2D eigenvalue weighted by Gasteiger charge is -2.16. The summed E-state index contributed by atoms with van der Waals surface area (Å²) in [6.07, 6.45) is 0. The molecule has 0 aliphatic heterocycles. The Kier molecular flexibility index (Phi) is 4.97. The molecule has 0 saturated carbocycles. The van der Waals surface area contributed by atoms with Gasteiger partial charge in [0, 0.05) is 22.1 Å². The second-order valence-electron chi connectivity index (χ2n) is 4.36. The first-order valence-corrected chi connectivity index (χ1v) is 7.17. The van der Waals surface area contributed by atoms with Crippen LogP contribution in [0.25, 0.3) is 0 Å². The average molecular weight is 343 g/mol. The van der Waals surface area contributed by atoms with Gasteiger partial charge in [0.25, 0.3) is 0 Å². The van der Waals surface area contributed by atoms with Crippen LogP contribution in [0.2, 0.25) is 5.02 Å². The van der Waals surface area contributed by atoms with Gasteiger partial charge in [0.1, 0.15) is 5.82 Å². The van der Waals surface area contributed by atoms with Crippen molar-refractivity contribution in [2.45, 2.75) is 19.5 Å². The maximum Gasteiger partial charge on any atom is 0.123 e. The number of benzene rings is 2. The van der Waals surface area contributed by atoms with E-state index in [0.29, 0.717) is 6.54 Å². The summed E-state index contributed by atoms with van der Waals surface area (Å²) in [6.45, 7) is 2.61. The predicted molar refractivity (Wildman–Crippen MR) is 80.8 cm³/mol. The van der Waals surface area contributed by atoms with Crippen LogP contribution in [0.1, 0.15) is 24.1 Å². The van der Waals surface area contributed by atoms with Crippen LogP contribution in [-0.4, -0.2) is 0 Å². The monoisotopic (exact) mass is 341 g/mol. The number of hydrogen-bond donors (Lipinski definition) is 1. The van der Waals surface area contributed by atoms with Gasteiger partial charge in [-0.15, -0.1) is 0 Å². The highest BCUT2D eigenvalue weighted by Gasteiger charge is 2.09. The van der Waals surface area contributed by atoms with Crippen molar-refractivity contribution in [3.8, 4) is 0 Å². The van der Waals surface area contributed by atoms with Crippen LogP contribution >= 0.6 is 27.5 Å². The first kappa shape index (κ1) is 14.5. The van der Waals surface area contributed by atoms with E-state index in [1.165, 1.54) is 12.1 Å². The molecule has 1 N–H and O–H groups in total. The lowest BCUT2D eigenvalue weighted by atomic mass is 10.1. The molecule has 0 fully saturated rings. The summed E-state index contributed by atoms with van der Waals surface area (Å²) in [7, 11) is 0. The number of hydrogen-bond acceptors (Lipinski definition) is 1. The molecule has 0 aliphatic rings. The third-order valence-electron chi connectivity index (χ3n) is 2.98. The molecule has 0 aliphatic carbocycles. The highest BCUT2D eigenvalue weighted by atomic mass is 79.9. The van der Waals surface area contributed by atoms with Crippen molar-refractivity contribution >= 4 is 27.5 Å². The lowest BCUT2D eigenvalue weighted by molar-refractivity contribution is 0.568. The molecule has 0 saturated heterocycles. The molecule has 4 heteroatoms. The molecule has 0 spiro atoms. The Labute approximate surface area is 125 Å². The Bertz CT molecular complexity index is 574. The smallest absolute Gasteiger partial charge is 0.123 e. The molecule has 0 heterocycles. The number of rotatable bonds is 4. The quantitative estimate of drug-likeness (QED) is 0.816. The van der Waals surface area contributed by atoms with E-state index in [-0.39, 0.29) is 11.9 Å². The fourth-order valence-electron chi connectivity index (χ4n) is 1.88. The summed E-state index contributed by atoms with van der Waals surface area (Å²) >= 11 is 9.57. The molecule has 1 atom stereocenters. The maximum atomic E-state index is 13.2. The van der Waals surface area contributed by atoms with Crippen molar-refractivity contribution < 1.29 is 4.39 Å². The van der Waals surface area contributed by atoms with Crippen LogP contribution in [-0.2, 0) is 6.54 Å². The first-order chi connectivity index (χ1) is 9.08. The van der Waals surface area contributed by atoms with E-state index in [1.54, 1.807) is 6.07 Å². The van der Waals surface area contributed by atoms with Crippen molar-refractivity contribution in [1.82, 2.24) is 5.32 Å². The van der Waals surface area contributed by atoms with Gasteiger partial charge < -0.3 is 5.32 Å². The summed E-state index contributed by atoms with van der Waals surface area (Å²) in [5.41, 5.74) is 1.93. The highest BCUT2D eigenvalue weighted by molar-refractivity contribution is 9.10. The van der Waals surface area contributed by atoms with Gasteiger partial charge in [-0.25, -0.2) is 4.39 Å². The molecule has 0 bridgehead atoms. The Morgan fingerprint density at radius 1 is 1.26 bits per heavy atom. The van der Waals surface area contributed by atoms with Gasteiger partial charge in [0.15, 0.2) is 0 Å². The Balaban J connectivity index is 2.06. The largest absolute Gasteiger partial charge is 0.306 e. The van der Waals surface area contributed by atoms with Crippen LogP contribution < -0.4 is 5.32 Å². The van der Waals surface area contributed by atoms with Gasteiger partial charge >= 0.3 is 0 Å². The van der Waals surface area contributed by atoms with Gasteiger partial charge in [-0.2, -0.15) is 0 Å². The molecule has 2 aromatic carbocycles.